The van der Waals surface area contributed by atoms with Gasteiger partial charge < -0.3 is 9.97 Å². The molecule has 6 heterocycles. The fourth-order valence-corrected chi connectivity index (χ4v) is 11.8. The molecule has 2 aromatic carbocycles. The summed E-state index contributed by atoms with van der Waals surface area (Å²) in [7, 11) is 0. The molecule has 254 valence electrons. The minimum absolute atomic E-state index is 0.190. The molecule has 6 aliphatic rings. The summed E-state index contributed by atoms with van der Waals surface area (Å²) in [4.78, 5) is 48.1. The van der Waals surface area contributed by atoms with Gasteiger partial charge in [0.2, 0.25) is 0 Å². The van der Waals surface area contributed by atoms with E-state index in [0.717, 1.165) is 123 Å². The van der Waals surface area contributed by atoms with E-state index >= 15 is 0 Å². The lowest BCUT2D eigenvalue weighted by Gasteiger charge is -2.49. The molecule has 2 N–H and O–H groups in total. The van der Waals surface area contributed by atoms with E-state index in [-0.39, 0.29) is 24.2 Å². The average Bonchev–Trinajstić information content (AvgIpc) is 3.97. The zero-order valence-corrected chi connectivity index (χ0v) is 29.0. The van der Waals surface area contributed by atoms with Crippen LogP contribution in [0.5, 0.6) is 0 Å². The number of rotatable bonds is 3. The van der Waals surface area contributed by atoms with E-state index < -0.39 is 10.8 Å². The number of nitrogens with one attached hydrogen (secondary N) is 2. The molecular weight excluding hydrogens is 621 g/mol. The van der Waals surface area contributed by atoms with Gasteiger partial charge in [-0.2, -0.15) is 0 Å². The maximum absolute atomic E-state index is 12.9. The molecule has 0 radical (unpaired) electrons. The van der Waals surface area contributed by atoms with E-state index in [1.807, 2.05) is 12.4 Å². The Morgan fingerprint density at radius 3 is 1.84 bits per heavy atom. The highest BCUT2D eigenvalue weighted by atomic mass is 16.1. The molecule has 4 fully saturated rings. The number of hydrogen-bond donors (Lipinski definition) is 2. The average molecular weight is 665 g/mol. The van der Waals surface area contributed by atoms with Crippen molar-refractivity contribution in [2.24, 2.45) is 0 Å². The molecule has 4 aromatic rings. The van der Waals surface area contributed by atoms with Crippen molar-refractivity contribution < 1.29 is 9.59 Å². The van der Waals surface area contributed by atoms with Crippen LogP contribution in [0, 0.1) is 13.8 Å². The molecule has 4 bridgehead atoms. The molecule has 2 aromatic heterocycles. The van der Waals surface area contributed by atoms with Crippen LogP contribution in [-0.4, -0.2) is 66.8 Å². The van der Waals surface area contributed by atoms with Crippen LogP contribution >= 0.6 is 0 Å². The molecule has 0 spiro atoms. The Balaban J connectivity index is 1.09. The summed E-state index contributed by atoms with van der Waals surface area (Å²) in [6, 6.07) is 14.5. The third kappa shape index (κ3) is 3.80. The Hall–Kier alpha value is -4.32. The van der Waals surface area contributed by atoms with Crippen molar-refractivity contribution in [1.29, 1.82) is 0 Å². The Bertz CT molecular complexity index is 2130. The number of carbonyl (C=O) groups excluding carboxylic acids is 2. The van der Waals surface area contributed by atoms with Gasteiger partial charge in [-0.25, -0.2) is 19.6 Å². The largest absolute Gasteiger partial charge is 0.343 e. The van der Waals surface area contributed by atoms with Crippen LogP contribution in [0.2, 0.25) is 0 Å². The zero-order valence-electron chi connectivity index (χ0n) is 29.0. The summed E-state index contributed by atoms with van der Waals surface area (Å²) in [5, 5.41) is 0. The van der Waals surface area contributed by atoms with Crippen molar-refractivity contribution in [2.45, 2.75) is 113 Å². The fourth-order valence-electron chi connectivity index (χ4n) is 11.8. The number of nitrogens with zero attached hydrogens (tertiary/aromatic N) is 4. The first-order valence-electron chi connectivity index (χ1n) is 18.8. The van der Waals surface area contributed by atoms with Gasteiger partial charge in [0.05, 0.1) is 34.3 Å². The lowest BCUT2D eigenvalue weighted by Crippen LogP contribution is -2.54. The second-order valence-corrected chi connectivity index (χ2v) is 15.7. The molecule has 0 amide bonds. The highest BCUT2D eigenvalue weighted by molar-refractivity contribution is 5.74. The van der Waals surface area contributed by atoms with Crippen LogP contribution < -0.4 is 0 Å². The predicted octanol–water partition coefficient (Wildman–Crippen LogP) is 6.91. The smallest absolute Gasteiger partial charge is 0.124 e. The molecule has 6 atom stereocenters. The van der Waals surface area contributed by atoms with Gasteiger partial charge in [0.1, 0.15) is 23.5 Å². The number of benzene rings is 2. The van der Waals surface area contributed by atoms with Gasteiger partial charge in [0.25, 0.3) is 0 Å². The molecule has 2 saturated carbocycles. The Morgan fingerprint density at radius 1 is 0.680 bits per heavy atom. The Morgan fingerprint density at radius 2 is 1.24 bits per heavy atom. The second kappa shape index (κ2) is 11.1. The normalized spacial score (nSPS) is 31.6. The Labute approximate surface area is 293 Å². The number of aromatic amines is 2. The summed E-state index contributed by atoms with van der Waals surface area (Å²) in [6.45, 7) is 6.52. The van der Waals surface area contributed by atoms with E-state index in [1.165, 1.54) is 22.3 Å². The van der Waals surface area contributed by atoms with Gasteiger partial charge in [0.15, 0.2) is 0 Å². The first-order valence-corrected chi connectivity index (χ1v) is 18.8. The minimum Gasteiger partial charge on any atom is -0.343 e. The van der Waals surface area contributed by atoms with E-state index in [4.69, 9.17) is 9.97 Å². The van der Waals surface area contributed by atoms with Crippen LogP contribution in [0.1, 0.15) is 122 Å². The molecule has 8 heteroatoms. The topological polar surface area (TPSA) is 98.0 Å². The van der Waals surface area contributed by atoms with Gasteiger partial charge in [-0.05, 0) is 125 Å². The Kier molecular flexibility index (Phi) is 6.76. The van der Waals surface area contributed by atoms with Gasteiger partial charge in [-0.15, -0.1) is 0 Å². The number of imidazole rings is 2. The number of aromatic nitrogens is 4. The van der Waals surface area contributed by atoms with Crippen molar-refractivity contribution in [1.82, 2.24) is 29.7 Å². The van der Waals surface area contributed by atoms with E-state index in [0.29, 0.717) is 0 Å². The second-order valence-electron chi connectivity index (χ2n) is 15.7. The fraction of sp³-hybridized carbons (Fsp3) is 0.476. The number of fused-ring (bicyclic) bond motifs is 14. The highest BCUT2D eigenvalue weighted by Gasteiger charge is 2.57. The monoisotopic (exact) mass is 664 g/mol. The van der Waals surface area contributed by atoms with Crippen LogP contribution in [0.25, 0.3) is 11.1 Å². The molecule has 10 rings (SSSR count). The van der Waals surface area contributed by atoms with E-state index in [9.17, 15) is 9.59 Å². The lowest BCUT2D eigenvalue weighted by atomic mass is 9.59. The van der Waals surface area contributed by atoms with Crippen LogP contribution in [0.4, 0.5) is 0 Å². The molecular formula is C42H44N6O2. The van der Waals surface area contributed by atoms with Crippen molar-refractivity contribution in [3.05, 3.63) is 105 Å². The van der Waals surface area contributed by atoms with Crippen LogP contribution in [-0.2, 0) is 20.4 Å². The lowest BCUT2D eigenvalue weighted by molar-refractivity contribution is 0.113. The zero-order chi connectivity index (χ0) is 33.8. The summed E-state index contributed by atoms with van der Waals surface area (Å²) in [5.74, 6) is 7.00. The van der Waals surface area contributed by atoms with Crippen molar-refractivity contribution in [3.8, 4) is 11.1 Å². The maximum atomic E-state index is 12.9. The molecule has 2 saturated heterocycles. The molecule has 5 unspecified atom stereocenters. The van der Waals surface area contributed by atoms with Crippen molar-refractivity contribution >= 4 is 11.9 Å². The van der Waals surface area contributed by atoms with Crippen molar-refractivity contribution in [3.63, 3.8) is 0 Å². The first-order chi connectivity index (χ1) is 24.5. The number of hydrogen-bond acceptors (Lipinski definition) is 6. The minimum atomic E-state index is -0.593. The predicted molar refractivity (Wildman–Crippen MR) is 191 cm³/mol. The van der Waals surface area contributed by atoms with E-state index in [2.05, 4.69) is 81.9 Å². The summed E-state index contributed by atoms with van der Waals surface area (Å²) in [5.41, 5.74) is 9.67. The SMILES string of the molecule is Cc1c(-c2ccc(C34C(=C=O)CCCC3N3CCCC3c3ncc4[nH]3)cc2)ccc([C@@]23C(=C=O)CCCC2N2CCCC2c2ncc3[nH]2)c1C. The highest BCUT2D eigenvalue weighted by Crippen LogP contribution is 2.56. The third-order valence-electron chi connectivity index (χ3n) is 13.9. The molecule has 50 heavy (non-hydrogen) atoms. The maximum Gasteiger partial charge on any atom is 0.124 e. The standard InChI is InChI=1S/C42H44N6O2/c1-25-26(2)32(42-30(24-50)8-4-12-38(42)48-20-6-10-34(48)40-44-22-36(42)46-40)18-17-31(25)27-13-15-28(16-14-27)41-29(23-49)7-3-11-37(41)47-19-5-9-33(47)39-43-21-35(41)45-39/h13-18,21-22,33-34,37-38H,3-12,19-20H2,1-2H3,(H,43,45)(H,44,46)/t33?,34?,37?,38?,41?,42-/m1/s1. The number of H-pyrrole nitrogens is 2. The molecule has 4 aliphatic heterocycles. The van der Waals surface area contributed by atoms with E-state index in [1.54, 1.807) is 0 Å². The van der Waals surface area contributed by atoms with Crippen LogP contribution in [0.3, 0.4) is 0 Å². The summed E-state index contributed by atoms with van der Waals surface area (Å²) < 4.78 is 0. The summed E-state index contributed by atoms with van der Waals surface area (Å²) >= 11 is 0. The quantitative estimate of drug-likeness (QED) is 0.231. The molecule has 8 nitrogen and oxygen atoms in total. The van der Waals surface area contributed by atoms with Crippen molar-refractivity contribution in [2.75, 3.05) is 13.1 Å². The summed E-state index contributed by atoms with van der Waals surface area (Å²) in [6.07, 6.45) is 14.1. The molecule has 2 aliphatic carbocycles. The van der Waals surface area contributed by atoms with Gasteiger partial charge in [-0.3, -0.25) is 9.80 Å². The first kappa shape index (κ1) is 30.5. The van der Waals surface area contributed by atoms with Gasteiger partial charge in [0, 0.05) is 35.6 Å². The van der Waals surface area contributed by atoms with Gasteiger partial charge >= 0.3 is 0 Å². The third-order valence-corrected chi connectivity index (χ3v) is 13.9. The van der Waals surface area contributed by atoms with Crippen LogP contribution in [0.15, 0.2) is 59.9 Å². The van der Waals surface area contributed by atoms with Gasteiger partial charge in [-0.1, -0.05) is 36.4 Å².